The number of anilines is 1. The molecule has 1 aromatic carbocycles. The van der Waals surface area contributed by atoms with E-state index in [1.807, 2.05) is 47.2 Å². The maximum absolute atomic E-state index is 11.6. The minimum Gasteiger partial charge on any atom is -0.388 e. The molecule has 19 heavy (non-hydrogen) atoms. The van der Waals surface area contributed by atoms with Gasteiger partial charge in [0.25, 0.3) is 0 Å². The summed E-state index contributed by atoms with van der Waals surface area (Å²) in [6.07, 6.45) is -0.0258. The molecular weight excluding hydrogens is 260 g/mol. The van der Waals surface area contributed by atoms with Crippen LogP contribution in [0, 0.1) is 0 Å². The number of benzene rings is 1. The molecule has 2 aromatic rings. The maximum atomic E-state index is 11.6. The molecular formula is C14H16N2O2S. The van der Waals surface area contributed by atoms with E-state index in [-0.39, 0.29) is 6.03 Å². The van der Waals surface area contributed by atoms with Crippen molar-refractivity contribution in [3.63, 3.8) is 0 Å². The third-order valence-corrected chi connectivity index (χ3v) is 3.36. The van der Waals surface area contributed by atoms with Gasteiger partial charge in [0.05, 0.1) is 6.10 Å². The summed E-state index contributed by atoms with van der Waals surface area (Å²) >= 11 is 1.55. The van der Waals surface area contributed by atoms with E-state index in [0.717, 1.165) is 11.3 Å². The quantitative estimate of drug-likeness (QED) is 0.786. The highest BCUT2D eigenvalue weighted by atomic mass is 32.1. The average Bonchev–Trinajstić information content (AvgIpc) is 2.93. The molecule has 2 amide bonds. The van der Waals surface area contributed by atoms with Crippen molar-refractivity contribution in [1.82, 2.24) is 5.32 Å². The predicted octanol–water partition coefficient (Wildman–Crippen LogP) is 2.99. The van der Waals surface area contributed by atoms with Crippen LogP contribution < -0.4 is 10.6 Å². The van der Waals surface area contributed by atoms with Gasteiger partial charge in [-0.1, -0.05) is 18.2 Å². The van der Waals surface area contributed by atoms with Crippen LogP contribution in [0.25, 0.3) is 0 Å². The minimum atomic E-state index is -0.525. The molecule has 0 spiro atoms. The number of para-hydroxylation sites is 1. The second-order valence-corrected chi connectivity index (χ2v) is 4.89. The van der Waals surface area contributed by atoms with Gasteiger partial charge < -0.3 is 15.7 Å². The number of aliphatic hydroxyl groups excluding tert-OH is 1. The number of carbonyl (C=O) groups excluding carboxylic acids is 1. The molecule has 1 heterocycles. The molecule has 1 atom stereocenters. The molecule has 0 fully saturated rings. The van der Waals surface area contributed by atoms with Gasteiger partial charge in [-0.2, -0.15) is 11.3 Å². The lowest BCUT2D eigenvalue weighted by Crippen LogP contribution is -2.30. The molecule has 2 rings (SSSR count). The van der Waals surface area contributed by atoms with E-state index in [1.54, 1.807) is 11.3 Å². The summed E-state index contributed by atoms with van der Waals surface area (Å²) in [5.41, 5.74) is 1.65. The first-order chi connectivity index (χ1) is 9.25. The standard InChI is InChI=1S/C14H16N2O2S/c17-13(11-7-9-19-10-11)6-8-15-14(18)16-12-4-2-1-3-5-12/h1-5,7,9-10,13,17H,6,8H2,(H2,15,16,18). The van der Waals surface area contributed by atoms with Crippen molar-refractivity contribution in [2.45, 2.75) is 12.5 Å². The normalized spacial score (nSPS) is 11.8. The first-order valence-electron chi connectivity index (χ1n) is 6.06. The van der Waals surface area contributed by atoms with Gasteiger partial charge in [0.15, 0.2) is 0 Å². The topological polar surface area (TPSA) is 61.4 Å². The fourth-order valence-electron chi connectivity index (χ4n) is 1.65. The number of urea groups is 1. The Hall–Kier alpha value is -1.85. The van der Waals surface area contributed by atoms with Crippen molar-refractivity contribution in [3.8, 4) is 0 Å². The van der Waals surface area contributed by atoms with Crippen molar-refractivity contribution in [2.75, 3.05) is 11.9 Å². The highest BCUT2D eigenvalue weighted by Crippen LogP contribution is 2.18. The van der Waals surface area contributed by atoms with E-state index < -0.39 is 6.10 Å². The van der Waals surface area contributed by atoms with E-state index in [1.165, 1.54) is 0 Å². The summed E-state index contributed by atoms with van der Waals surface area (Å²) in [4.78, 5) is 11.6. The molecule has 4 nitrogen and oxygen atoms in total. The Morgan fingerprint density at radius 2 is 2.05 bits per heavy atom. The van der Waals surface area contributed by atoms with Crippen molar-refractivity contribution in [3.05, 3.63) is 52.7 Å². The zero-order valence-corrected chi connectivity index (χ0v) is 11.2. The summed E-state index contributed by atoms with van der Waals surface area (Å²) in [5, 5.41) is 19.1. The fraction of sp³-hybridized carbons (Fsp3) is 0.214. The molecule has 100 valence electrons. The van der Waals surface area contributed by atoms with Crippen LogP contribution in [0.4, 0.5) is 10.5 Å². The largest absolute Gasteiger partial charge is 0.388 e. The second-order valence-electron chi connectivity index (χ2n) is 4.11. The third-order valence-electron chi connectivity index (χ3n) is 2.66. The number of amides is 2. The average molecular weight is 276 g/mol. The monoisotopic (exact) mass is 276 g/mol. The summed E-state index contributed by atoms with van der Waals surface area (Å²) in [5.74, 6) is 0. The van der Waals surface area contributed by atoms with Gasteiger partial charge in [0.1, 0.15) is 0 Å². The van der Waals surface area contributed by atoms with Gasteiger partial charge in [0.2, 0.25) is 0 Å². The second kappa shape index (κ2) is 6.92. The fourth-order valence-corrected chi connectivity index (χ4v) is 2.36. The van der Waals surface area contributed by atoms with E-state index >= 15 is 0 Å². The number of carbonyl (C=O) groups is 1. The van der Waals surface area contributed by atoms with Gasteiger partial charge in [-0.05, 0) is 40.9 Å². The van der Waals surface area contributed by atoms with E-state index in [2.05, 4.69) is 10.6 Å². The number of aliphatic hydroxyl groups is 1. The molecule has 0 aliphatic carbocycles. The number of hydrogen-bond donors (Lipinski definition) is 3. The maximum Gasteiger partial charge on any atom is 0.319 e. The van der Waals surface area contributed by atoms with E-state index in [9.17, 15) is 9.90 Å². The summed E-state index contributed by atoms with van der Waals surface area (Å²) < 4.78 is 0. The highest BCUT2D eigenvalue weighted by molar-refractivity contribution is 7.07. The molecule has 1 unspecified atom stereocenters. The van der Waals surface area contributed by atoms with Crippen molar-refractivity contribution < 1.29 is 9.90 Å². The molecule has 0 saturated carbocycles. The Balaban J connectivity index is 1.70. The molecule has 0 saturated heterocycles. The van der Waals surface area contributed by atoms with Crippen molar-refractivity contribution in [1.29, 1.82) is 0 Å². The molecule has 0 aliphatic heterocycles. The van der Waals surface area contributed by atoms with Crippen LogP contribution in [0.1, 0.15) is 18.1 Å². The van der Waals surface area contributed by atoms with Gasteiger partial charge in [-0.25, -0.2) is 4.79 Å². The lowest BCUT2D eigenvalue weighted by atomic mass is 10.1. The van der Waals surface area contributed by atoms with Gasteiger partial charge in [-0.15, -0.1) is 0 Å². The van der Waals surface area contributed by atoms with Gasteiger partial charge >= 0.3 is 6.03 Å². The number of rotatable bonds is 5. The molecule has 0 aliphatic rings. The predicted molar refractivity (Wildman–Crippen MR) is 77.4 cm³/mol. The van der Waals surface area contributed by atoms with Crippen molar-refractivity contribution >= 4 is 23.1 Å². The molecule has 1 aromatic heterocycles. The zero-order chi connectivity index (χ0) is 13.5. The SMILES string of the molecule is O=C(NCCC(O)c1ccsc1)Nc1ccccc1. The van der Waals surface area contributed by atoms with Crippen LogP contribution in [-0.4, -0.2) is 17.7 Å². The number of hydrogen-bond acceptors (Lipinski definition) is 3. The molecule has 0 radical (unpaired) electrons. The Labute approximate surface area is 116 Å². The lowest BCUT2D eigenvalue weighted by molar-refractivity contribution is 0.168. The highest BCUT2D eigenvalue weighted by Gasteiger charge is 2.08. The first kappa shape index (κ1) is 13.6. The van der Waals surface area contributed by atoms with Crippen LogP contribution >= 0.6 is 11.3 Å². The minimum absolute atomic E-state index is 0.260. The van der Waals surface area contributed by atoms with E-state index in [0.29, 0.717) is 13.0 Å². The zero-order valence-electron chi connectivity index (χ0n) is 10.4. The van der Waals surface area contributed by atoms with Gasteiger partial charge in [0, 0.05) is 12.2 Å². The first-order valence-corrected chi connectivity index (χ1v) is 7.00. The van der Waals surface area contributed by atoms with Crippen LogP contribution in [0.5, 0.6) is 0 Å². The Kier molecular flexibility index (Phi) is 4.94. The van der Waals surface area contributed by atoms with Gasteiger partial charge in [-0.3, -0.25) is 0 Å². The summed E-state index contributed by atoms with van der Waals surface area (Å²) in [6.45, 7) is 0.426. The lowest BCUT2D eigenvalue weighted by Gasteiger charge is -2.10. The van der Waals surface area contributed by atoms with Crippen molar-refractivity contribution in [2.24, 2.45) is 0 Å². The smallest absolute Gasteiger partial charge is 0.319 e. The molecule has 3 N–H and O–H groups in total. The third kappa shape index (κ3) is 4.39. The summed E-state index contributed by atoms with van der Waals surface area (Å²) in [6, 6.07) is 10.9. The Morgan fingerprint density at radius 3 is 2.74 bits per heavy atom. The molecule has 5 heteroatoms. The number of thiophene rings is 1. The molecule has 0 bridgehead atoms. The Morgan fingerprint density at radius 1 is 1.26 bits per heavy atom. The van der Waals surface area contributed by atoms with Crippen LogP contribution in [0.3, 0.4) is 0 Å². The van der Waals surface area contributed by atoms with E-state index in [4.69, 9.17) is 0 Å². The van der Waals surface area contributed by atoms with Crippen LogP contribution in [0.15, 0.2) is 47.2 Å². The Bertz CT molecular complexity index is 499. The van der Waals surface area contributed by atoms with Crippen LogP contribution in [-0.2, 0) is 0 Å². The summed E-state index contributed by atoms with van der Waals surface area (Å²) in [7, 11) is 0. The van der Waals surface area contributed by atoms with Crippen LogP contribution in [0.2, 0.25) is 0 Å². The number of nitrogens with one attached hydrogen (secondary N) is 2.